The molecule has 0 amide bonds. The van der Waals surface area contributed by atoms with Crippen LogP contribution >= 0.6 is 0 Å². The molecule has 0 aliphatic carbocycles. The highest BCUT2D eigenvalue weighted by atomic mass is 16.5. The van der Waals surface area contributed by atoms with Crippen molar-refractivity contribution in [1.82, 2.24) is 0 Å². The van der Waals surface area contributed by atoms with E-state index in [9.17, 15) is 0 Å². The molecule has 0 saturated carbocycles. The number of hydrogen-bond acceptors (Lipinski definition) is 3. The van der Waals surface area contributed by atoms with Crippen LogP contribution in [0, 0.1) is 6.92 Å². The van der Waals surface area contributed by atoms with Gasteiger partial charge in [0.05, 0.1) is 14.2 Å². The number of nitrogens with two attached hydrogens (primary N) is 1. The standard InChI is InChI=1S/C18H23NO2/c1-13-9-17(21-3)7-8-18(13)15(12-19)10-14-5-4-6-16(11-14)20-2/h4-9,11,15H,10,12,19H2,1-3H3. The zero-order chi connectivity index (χ0) is 15.2. The topological polar surface area (TPSA) is 44.5 Å². The minimum atomic E-state index is 0.294. The fourth-order valence-electron chi connectivity index (χ4n) is 2.64. The average molecular weight is 285 g/mol. The van der Waals surface area contributed by atoms with Crippen LogP contribution in [0.1, 0.15) is 22.6 Å². The monoisotopic (exact) mass is 285 g/mol. The largest absolute Gasteiger partial charge is 0.497 e. The van der Waals surface area contributed by atoms with E-state index >= 15 is 0 Å². The number of ether oxygens (including phenoxy) is 2. The number of benzene rings is 2. The van der Waals surface area contributed by atoms with E-state index in [0.717, 1.165) is 17.9 Å². The number of hydrogen-bond donors (Lipinski definition) is 1. The second-order valence-corrected chi connectivity index (χ2v) is 5.21. The van der Waals surface area contributed by atoms with Crippen LogP contribution < -0.4 is 15.2 Å². The molecule has 0 bridgehead atoms. The van der Waals surface area contributed by atoms with Gasteiger partial charge < -0.3 is 15.2 Å². The predicted octanol–water partition coefficient (Wildman–Crippen LogP) is 3.30. The Balaban J connectivity index is 2.23. The van der Waals surface area contributed by atoms with Crippen molar-refractivity contribution >= 4 is 0 Å². The Hall–Kier alpha value is -2.00. The second-order valence-electron chi connectivity index (χ2n) is 5.21. The number of rotatable bonds is 6. The van der Waals surface area contributed by atoms with Crippen molar-refractivity contribution in [3.05, 3.63) is 59.2 Å². The molecule has 3 heteroatoms. The lowest BCUT2D eigenvalue weighted by Crippen LogP contribution is -2.16. The summed E-state index contributed by atoms with van der Waals surface area (Å²) >= 11 is 0. The molecule has 0 aromatic heterocycles. The fraction of sp³-hybridized carbons (Fsp3) is 0.333. The molecule has 112 valence electrons. The maximum atomic E-state index is 6.00. The van der Waals surface area contributed by atoms with Gasteiger partial charge in [0.25, 0.3) is 0 Å². The SMILES string of the molecule is COc1cccc(CC(CN)c2ccc(OC)cc2C)c1. The first kappa shape index (κ1) is 15.4. The molecule has 1 unspecified atom stereocenters. The van der Waals surface area contributed by atoms with Crippen molar-refractivity contribution in [2.45, 2.75) is 19.3 Å². The zero-order valence-corrected chi connectivity index (χ0v) is 12.9. The van der Waals surface area contributed by atoms with Gasteiger partial charge in [-0.25, -0.2) is 0 Å². The summed E-state index contributed by atoms with van der Waals surface area (Å²) in [5.41, 5.74) is 9.73. The van der Waals surface area contributed by atoms with Crippen molar-refractivity contribution < 1.29 is 9.47 Å². The van der Waals surface area contributed by atoms with Crippen LogP contribution in [0.2, 0.25) is 0 Å². The van der Waals surface area contributed by atoms with Gasteiger partial charge in [-0.15, -0.1) is 0 Å². The first-order chi connectivity index (χ1) is 10.2. The molecular weight excluding hydrogens is 262 g/mol. The van der Waals surface area contributed by atoms with E-state index in [2.05, 4.69) is 31.2 Å². The highest BCUT2D eigenvalue weighted by molar-refractivity contribution is 5.38. The molecule has 2 aromatic rings. The maximum absolute atomic E-state index is 6.00. The van der Waals surface area contributed by atoms with Gasteiger partial charge in [-0.3, -0.25) is 0 Å². The molecule has 0 saturated heterocycles. The molecular formula is C18H23NO2. The average Bonchev–Trinajstić information content (AvgIpc) is 2.53. The highest BCUT2D eigenvalue weighted by Crippen LogP contribution is 2.27. The third kappa shape index (κ3) is 3.76. The van der Waals surface area contributed by atoms with Crippen LogP contribution in [0.25, 0.3) is 0 Å². The van der Waals surface area contributed by atoms with Crippen molar-refractivity contribution in [2.75, 3.05) is 20.8 Å². The lowest BCUT2D eigenvalue weighted by atomic mass is 9.89. The Morgan fingerprint density at radius 2 is 1.71 bits per heavy atom. The molecule has 0 spiro atoms. The summed E-state index contributed by atoms with van der Waals surface area (Å²) in [4.78, 5) is 0. The van der Waals surface area contributed by atoms with E-state index < -0.39 is 0 Å². The van der Waals surface area contributed by atoms with E-state index in [1.165, 1.54) is 16.7 Å². The third-order valence-corrected chi connectivity index (χ3v) is 3.82. The molecule has 1 atom stereocenters. The quantitative estimate of drug-likeness (QED) is 0.885. The lowest BCUT2D eigenvalue weighted by molar-refractivity contribution is 0.414. The van der Waals surface area contributed by atoms with Crippen molar-refractivity contribution in [3.8, 4) is 11.5 Å². The Kier molecular flexibility index (Phi) is 5.23. The molecule has 2 N–H and O–H groups in total. The van der Waals surface area contributed by atoms with E-state index in [1.54, 1.807) is 14.2 Å². The highest BCUT2D eigenvalue weighted by Gasteiger charge is 2.14. The van der Waals surface area contributed by atoms with Gasteiger partial charge in [-0.1, -0.05) is 18.2 Å². The molecule has 3 nitrogen and oxygen atoms in total. The molecule has 0 radical (unpaired) electrons. The lowest BCUT2D eigenvalue weighted by Gasteiger charge is -2.19. The Morgan fingerprint density at radius 3 is 2.33 bits per heavy atom. The molecule has 0 heterocycles. The minimum absolute atomic E-state index is 0.294. The van der Waals surface area contributed by atoms with Crippen molar-refractivity contribution in [3.63, 3.8) is 0 Å². The van der Waals surface area contributed by atoms with Gasteiger partial charge in [-0.2, -0.15) is 0 Å². The Labute approximate surface area is 126 Å². The van der Waals surface area contributed by atoms with Crippen LogP contribution in [0.5, 0.6) is 11.5 Å². The molecule has 0 aliphatic heterocycles. The van der Waals surface area contributed by atoms with Crippen molar-refractivity contribution in [1.29, 1.82) is 0 Å². The first-order valence-corrected chi connectivity index (χ1v) is 7.15. The molecule has 2 aromatic carbocycles. The summed E-state index contributed by atoms with van der Waals surface area (Å²) in [5.74, 6) is 2.06. The van der Waals surface area contributed by atoms with E-state index in [1.807, 2.05) is 18.2 Å². The van der Waals surface area contributed by atoms with Gasteiger partial charge in [0.2, 0.25) is 0 Å². The smallest absolute Gasteiger partial charge is 0.119 e. The van der Waals surface area contributed by atoms with Crippen LogP contribution in [-0.4, -0.2) is 20.8 Å². The van der Waals surface area contributed by atoms with E-state index in [4.69, 9.17) is 15.2 Å². The van der Waals surface area contributed by atoms with Gasteiger partial charge in [0, 0.05) is 5.92 Å². The second kappa shape index (κ2) is 7.14. The van der Waals surface area contributed by atoms with Crippen molar-refractivity contribution in [2.24, 2.45) is 5.73 Å². The normalized spacial score (nSPS) is 12.0. The summed E-state index contributed by atoms with van der Waals surface area (Å²) in [6.07, 6.45) is 0.904. The maximum Gasteiger partial charge on any atom is 0.119 e. The summed E-state index contributed by atoms with van der Waals surface area (Å²) in [7, 11) is 3.37. The predicted molar refractivity (Wildman–Crippen MR) is 86.2 cm³/mol. The van der Waals surface area contributed by atoms with Crippen LogP contribution in [0.4, 0.5) is 0 Å². The van der Waals surface area contributed by atoms with E-state index in [0.29, 0.717) is 12.5 Å². The summed E-state index contributed by atoms with van der Waals surface area (Å²) in [6, 6.07) is 14.3. The zero-order valence-electron chi connectivity index (χ0n) is 12.9. The Bertz CT molecular complexity index is 596. The first-order valence-electron chi connectivity index (χ1n) is 7.15. The summed E-state index contributed by atoms with van der Waals surface area (Å²) < 4.78 is 10.5. The molecule has 0 aliphatic rings. The minimum Gasteiger partial charge on any atom is -0.497 e. The summed E-state index contributed by atoms with van der Waals surface area (Å²) in [5, 5.41) is 0. The third-order valence-electron chi connectivity index (χ3n) is 3.82. The van der Waals surface area contributed by atoms with Gasteiger partial charge >= 0.3 is 0 Å². The van der Waals surface area contributed by atoms with Gasteiger partial charge in [0.1, 0.15) is 11.5 Å². The molecule has 0 fully saturated rings. The van der Waals surface area contributed by atoms with Gasteiger partial charge in [-0.05, 0) is 60.8 Å². The van der Waals surface area contributed by atoms with Crippen LogP contribution in [-0.2, 0) is 6.42 Å². The number of aryl methyl sites for hydroxylation is 1. The van der Waals surface area contributed by atoms with Crippen LogP contribution in [0.3, 0.4) is 0 Å². The molecule has 21 heavy (non-hydrogen) atoms. The van der Waals surface area contributed by atoms with Gasteiger partial charge in [0.15, 0.2) is 0 Å². The summed E-state index contributed by atoms with van der Waals surface area (Å²) in [6.45, 7) is 2.72. The Morgan fingerprint density at radius 1 is 1.00 bits per heavy atom. The van der Waals surface area contributed by atoms with E-state index in [-0.39, 0.29) is 0 Å². The fourth-order valence-corrected chi connectivity index (χ4v) is 2.64. The number of methoxy groups -OCH3 is 2. The molecule has 2 rings (SSSR count). The van der Waals surface area contributed by atoms with Crippen LogP contribution in [0.15, 0.2) is 42.5 Å².